The quantitative estimate of drug-likeness (QED) is 0.493. The lowest BCUT2D eigenvalue weighted by Gasteiger charge is -2.34. The standard InChI is InChI=1S/C24H31F3N6O4S/c1-21(2,3)32-38(36,37)17-7-5-6-16(30-17)31-20(34)18-19(33-12-10-23(8-9-23)11-13-33)29-15(14-28-18)22(4,35)24(25,26)27/h5-7,14,32,35H,8-13H2,1-4H3,(H,30,31,34). The Morgan fingerprint density at radius 3 is 2.24 bits per heavy atom. The van der Waals surface area contributed by atoms with Crippen molar-refractivity contribution in [3.63, 3.8) is 0 Å². The van der Waals surface area contributed by atoms with Crippen LogP contribution in [0.25, 0.3) is 0 Å². The van der Waals surface area contributed by atoms with Gasteiger partial charge in [-0.25, -0.2) is 28.1 Å². The fourth-order valence-electron chi connectivity index (χ4n) is 4.27. The third-order valence-corrected chi connectivity index (χ3v) is 8.44. The molecule has 0 aromatic carbocycles. The second-order valence-corrected chi connectivity index (χ2v) is 12.8. The minimum absolute atomic E-state index is 0.0850. The maximum absolute atomic E-state index is 13.5. The number of aliphatic hydroxyl groups is 1. The van der Waals surface area contributed by atoms with Gasteiger partial charge in [-0.1, -0.05) is 6.07 Å². The van der Waals surface area contributed by atoms with Gasteiger partial charge in [0.1, 0.15) is 11.5 Å². The molecule has 1 unspecified atom stereocenters. The van der Waals surface area contributed by atoms with Crippen molar-refractivity contribution in [2.75, 3.05) is 23.3 Å². The molecule has 1 spiro atoms. The normalized spacial score (nSPS) is 19.2. The molecule has 1 atom stereocenters. The molecule has 14 heteroatoms. The Hall–Kier alpha value is -2.84. The number of carbonyl (C=O) groups is 1. The number of piperidine rings is 1. The molecule has 2 aliphatic rings. The van der Waals surface area contributed by atoms with Crippen molar-refractivity contribution in [2.45, 2.75) is 75.7 Å². The Morgan fingerprint density at radius 2 is 1.68 bits per heavy atom. The molecule has 4 rings (SSSR count). The van der Waals surface area contributed by atoms with Gasteiger partial charge in [0.05, 0.1) is 6.20 Å². The highest BCUT2D eigenvalue weighted by molar-refractivity contribution is 7.89. The van der Waals surface area contributed by atoms with Crippen molar-refractivity contribution >= 4 is 27.6 Å². The number of pyridine rings is 1. The third kappa shape index (κ3) is 5.91. The van der Waals surface area contributed by atoms with E-state index in [2.05, 4.69) is 25.0 Å². The van der Waals surface area contributed by atoms with E-state index in [-0.39, 0.29) is 27.8 Å². The number of hydrogen-bond acceptors (Lipinski definition) is 8. The van der Waals surface area contributed by atoms with Crippen LogP contribution in [0, 0.1) is 5.41 Å². The number of hydrogen-bond donors (Lipinski definition) is 3. The van der Waals surface area contributed by atoms with E-state index < -0.39 is 38.9 Å². The van der Waals surface area contributed by atoms with Crippen LogP contribution in [-0.4, -0.2) is 59.2 Å². The molecule has 0 radical (unpaired) electrons. The molecule has 2 fully saturated rings. The van der Waals surface area contributed by atoms with Crippen LogP contribution in [0.1, 0.15) is 69.6 Å². The summed E-state index contributed by atoms with van der Waals surface area (Å²) in [6.07, 6.45) is -0.496. The zero-order valence-corrected chi connectivity index (χ0v) is 22.4. The summed E-state index contributed by atoms with van der Waals surface area (Å²) in [5, 5.41) is 12.3. The first-order valence-electron chi connectivity index (χ1n) is 12.2. The Labute approximate surface area is 219 Å². The molecule has 3 heterocycles. The fourth-order valence-corrected chi connectivity index (χ4v) is 5.66. The van der Waals surface area contributed by atoms with Crippen LogP contribution in [0.2, 0.25) is 0 Å². The van der Waals surface area contributed by atoms with Crippen LogP contribution in [0.5, 0.6) is 0 Å². The van der Waals surface area contributed by atoms with Crippen LogP contribution < -0.4 is 14.9 Å². The predicted molar refractivity (Wildman–Crippen MR) is 133 cm³/mol. The average Bonchev–Trinajstić information content (AvgIpc) is 3.55. The first-order valence-corrected chi connectivity index (χ1v) is 13.6. The Bertz CT molecular complexity index is 1330. The van der Waals surface area contributed by atoms with Crippen LogP contribution in [0.3, 0.4) is 0 Å². The van der Waals surface area contributed by atoms with Gasteiger partial charge in [0.15, 0.2) is 16.5 Å². The summed E-state index contributed by atoms with van der Waals surface area (Å²) < 4.78 is 68.3. The van der Waals surface area contributed by atoms with E-state index in [4.69, 9.17) is 0 Å². The smallest absolute Gasteiger partial charge is 0.375 e. The zero-order valence-electron chi connectivity index (χ0n) is 21.6. The van der Waals surface area contributed by atoms with Crippen molar-refractivity contribution in [3.05, 3.63) is 35.8 Å². The largest absolute Gasteiger partial charge is 0.422 e. The van der Waals surface area contributed by atoms with E-state index in [0.717, 1.165) is 31.9 Å². The molecular formula is C24H31F3N6O4S. The molecule has 1 saturated heterocycles. The molecule has 208 valence electrons. The summed E-state index contributed by atoms with van der Waals surface area (Å²) in [6, 6.07) is 4.04. The molecule has 0 bridgehead atoms. The number of nitrogens with one attached hydrogen (secondary N) is 2. The van der Waals surface area contributed by atoms with E-state index in [1.54, 1.807) is 25.7 Å². The van der Waals surface area contributed by atoms with Gasteiger partial charge < -0.3 is 15.3 Å². The monoisotopic (exact) mass is 556 g/mol. The minimum atomic E-state index is -5.01. The summed E-state index contributed by atoms with van der Waals surface area (Å²) in [7, 11) is -3.99. The number of carbonyl (C=O) groups excluding carboxylic acids is 1. The van der Waals surface area contributed by atoms with Gasteiger partial charge in [-0.15, -0.1) is 0 Å². The number of halogens is 3. The van der Waals surface area contributed by atoms with Gasteiger partial charge in [0.2, 0.25) is 5.60 Å². The number of nitrogens with zero attached hydrogens (tertiary/aromatic N) is 4. The molecule has 1 aliphatic carbocycles. The fraction of sp³-hybridized carbons (Fsp3) is 0.583. The van der Waals surface area contributed by atoms with Gasteiger partial charge in [0, 0.05) is 18.6 Å². The van der Waals surface area contributed by atoms with Crippen LogP contribution in [-0.2, 0) is 15.6 Å². The van der Waals surface area contributed by atoms with Gasteiger partial charge in [0.25, 0.3) is 15.9 Å². The summed E-state index contributed by atoms with van der Waals surface area (Å²) >= 11 is 0. The summed E-state index contributed by atoms with van der Waals surface area (Å²) in [6.45, 7) is 6.52. The van der Waals surface area contributed by atoms with E-state index in [1.807, 2.05) is 0 Å². The lowest BCUT2D eigenvalue weighted by Crippen LogP contribution is -2.42. The second-order valence-electron chi connectivity index (χ2n) is 11.2. The number of aromatic nitrogens is 3. The van der Waals surface area contributed by atoms with E-state index in [0.29, 0.717) is 20.0 Å². The first-order chi connectivity index (χ1) is 17.4. The van der Waals surface area contributed by atoms with Gasteiger partial charge in [-0.05, 0) is 70.9 Å². The lowest BCUT2D eigenvalue weighted by atomic mass is 9.93. The number of anilines is 2. The highest BCUT2D eigenvalue weighted by Gasteiger charge is 2.53. The highest BCUT2D eigenvalue weighted by Crippen LogP contribution is 2.54. The minimum Gasteiger partial charge on any atom is -0.375 e. The molecule has 1 aliphatic heterocycles. The van der Waals surface area contributed by atoms with E-state index in [9.17, 15) is 31.5 Å². The Kier molecular flexibility index (Phi) is 6.98. The van der Waals surface area contributed by atoms with Crippen LogP contribution in [0.4, 0.5) is 24.8 Å². The number of alkyl halides is 3. The van der Waals surface area contributed by atoms with Crippen molar-refractivity contribution < 1.29 is 31.5 Å². The van der Waals surface area contributed by atoms with E-state index >= 15 is 0 Å². The maximum Gasteiger partial charge on any atom is 0.422 e. The molecule has 38 heavy (non-hydrogen) atoms. The predicted octanol–water partition coefficient (Wildman–Crippen LogP) is 3.35. The first kappa shape index (κ1) is 28.2. The molecule has 2 aromatic rings. The summed E-state index contributed by atoms with van der Waals surface area (Å²) in [5.74, 6) is -1.01. The maximum atomic E-state index is 13.5. The molecule has 3 N–H and O–H groups in total. The average molecular weight is 557 g/mol. The molecule has 1 amide bonds. The SMILES string of the molecule is CC(C)(C)NS(=O)(=O)c1cccc(NC(=O)c2ncc(C(C)(O)C(F)(F)F)nc2N2CCC3(CC2)CC3)n1. The van der Waals surface area contributed by atoms with Crippen molar-refractivity contribution in [1.82, 2.24) is 19.7 Å². The van der Waals surface area contributed by atoms with Crippen molar-refractivity contribution in [3.8, 4) is 0 Å². The topological polar surface area (TPSA) is 137 Å². The summed E-state index contributed by atoms with van der Waals surface area (Å²) in [4.78, 5) is 27.0. The third-order valence-electron chi connectivity index (χ3n) is 6.78. The molecule has 1 saturated carbocycles. The van der Waals surface area contributed by atoms with Gasteiger partial charge in [-0.2, -0.15) is 13.2 Å². The van der Waals surface area contributed by atoms with Gasteiger partial charge in [-0.3, -0.25) is 4.79 Å². The molecular weight excluding hydrogens is 525 g/mol. The Morgan fingerprint density at radius 1 is 1.05 bits per heavy atom. The van der Waals surface area contributed by atoms with Crippen molar-refractivity contribution in [2.24, 2.45) is 5.41 Å². The van der Waals surface area contributed by atoms with Crippen molar-refractivity contribution in [1.29, 1.82) is 0 Å². The number of amides is 1. The zero-order chi connectivity index (χ0) is 28.1. The van der Waals surface area contributed by atoms with Gasteiger partial charge >= 0.3 is 6.18 Å². The molecule has 10 nitrogen and oxygen atoms in total. The number of rotatable bonds is 6. The Balaban J connectivity index is 1.65. The molecule has 2 aromatic heterocycles. The lowest BCUT2D eigenvalue weighted by molar-refractivity contribution is -0.260. The summed E-state index contributed by atoms with van der Waals surface area (Å²) in [5.41, 5.74) is -4.79. The second kappa shape index (κ2) is 9.42. The highest BCUT2D eigenvalue weighted by atomic mass is 32.2. The van der Waals surface area contributed by atoms with E-state index in [1.165, 1.54) is 18.2 Å². The van der Waals surface area contributed by atoms with Crippen LogP contribution >= 0.6 is 0 Å². The van der Waals surface area contributed by atoms with Crippen LogP contribution in [0.15, 0.2) is 29.4 Å². The number of sulfonamides is 1.